The molecule has 4 rings (SSSR count). The first-order valence-corrected chi connectivity index (χ1v) is 7.57. The van der Waals surface area contributed by atoms with Crippen LogP contribution >= 0.6 is 0 Å². The van der Waals surface area contributed by atoms with Crippen LogP contribution in [0.25, 0.3) is 17.0 Å². The fourth-order valence-corrected chi connectivity index (χ4v) is 3.75. The van der Waals surface area contributed by atoms with Crippen molar-refractivity contribution in [2.24, 2.45) is 7.05 Å². The van der Waals surface area contributed by atoms with Gasteiger partial charge in [-0.25, -0.2) is 0 Å². The van der Waals surface area contributed by atoms with E-state index in [0.29, 0.717) is 5.92 Å². The second-order valence-electron chi connectivity index (χ2n) is 6.03. The number of benzene rings is 1. The largest absolute Gasteiger partial charge is 0.350 e. The Kier molecular flexibility index (Phi) is 2.61. The summed E-state index contributed by atoms with van der Waals surface area (Å²) < 4.78 is 2.24. The quantitative estimate of drug-likeness (QED) is 0.683. The number of hydrogen-bond acceptors (Lipinski definition) is 1. The van der Waals surface area contributed by atoms with Crippen molar-refractivity contribution in [3.63, 3.8) is 0 Å². The fourth-order valence-electron chi connectivity index (χ4n) is 3.75. The highest BCUT2D eigenvalue weighted by Crippen LogP contribution is 2.47. The standard InChI is InChI=1S/C19H20N2/c1-13-16-9-7-5-4-6-8-15-18(13)17(21(16)3)12-14-10-11-20(2)19(14)15/h5-13H,4H2,1-3H3/b7-5-,8-6-,16-9?. The number of allylic oxidation sites excluding steroid dienone is 5. The molecule has 1 aliphatic carbocycles. The highest BCUT2D eigenvalue weighted by atomic mass is 15.1. The minimum atomic E-state index is 0.437. The molecule has 1 aliphatic heterocycles. The van der Waals surface area contributed by atoms with Gasteiger partial charge >= 0.3 is 0 Å². The van der Waals surface area contributed by atoms with E-state index in [2.05, 4.69) is 79.2 Å². The molecule has 0 fully saturated rings. The van der Waals surface area contributed by atoms with Crippen molar-refractivity contribution in [2.45, 2.75) is 19.3 Å². The molecule has 0 radical (unpaired) electrons. The van der Waals surface area contributed by atoms with Gasteiger partial charge in [0.05, 0.1) is 5.52 Å². The van der Waals surface area contributed by atoms with E-state index in [4.69, 9.17) is 0 Å². The average molecular weight is 276 g/mol. The normalized spacial score (nSPS) is 23.3. The third-order valence-corrected chi connectivity index (χ3v) is 4.80. The summed E-state index contributed by atoms with van der Waals surface area (Å²) in [7, 11) is 4.32. The third-order valence-electron chi connectivity index (χ3n) is 4.80. The van der Waals surface area contributed by atoms with Crippen molar-refractivity contribution in [1.82, 2.24) is 4.57 Å². The molecule has 2 aromatic rings. The number of likely N-dealkylation sites (N-methyl/N-ethyl adjacent to an activating group) is 1. The Morgan fingerprint density at radius 3 is 2.90 bits per heavy atom. The lowest BCUT2D eigenvalue weighted by Gasteiger charge is -2.16. The summed E-state index contributed by atoms with van der Waals surface area (Å²) in [4.78, 5) is 2.35. The second kappa shape index (κ2) is 4.39. The van der Waals surface area contributed by atoms with Gasteiger partial charge < -0.3 is 9.47 Å². The number of aryl methyl sites for hydroxylation is 1. The summed E-state index contributed by atoms with van der Waals surface area (Å²) in [5.74, 6) is 0.437. The van der Waals surface area contributed by atoms with Gasteiger partial charge in [-0.2, -0.15) is 0 Å². The maximum Gasteiger partial charge on any atom is 0.0555 e. The Labute approximate surface area is 125 Å². The number of hydrogen-bond donors (Lipinski definition) is 0. The molecular weight excluding hydrogens is 256 g/mol. The van der Waals surface area contributed by atoms with Crippen LogP contribution in [0.2, 0.25) is 0 Å². The number of anilines is 1. The van der Waals surface area contributed by atoms with Crippen LogP contribution in [0.1, 0.15) is 30.4 Å². The predicted octanol–water partition coefficient (Wildman–Crippen LogP) is 4.59. The average Bonchev–Trinajstić information content (AvgIpc) is 2.95. The smallest absolute Gasteiger partial charge is 0.0555 e. The summed E-state index contributed by atoms with van der Waals surface area (Å²) >= 11 is 0. The van der Waals surface area contributed by atoms with Gasteiger partial charge in [0.1, 0.15) is 0 Å². The Balaban J connectivity index is 2.15. The maximum atomic E-state index is 2.35. The van der Waals surface area contributed by atoms with Crippen LogP contribution in [0.15, 0.2) is 48.3 Å². The first-order chi connectivity index (χ1) is 10.2. The SMILES string of the molecule is CC1C2=C/C=C\C/C=C\c3c1c(cc1ccn(C)c31)N2C. The molecule has 0 saturated heterocycles. The summed E-state index contributed by atoms with van der Waals surface area (Å²) in [6.07, 6.45) is 14.4. The molecule has 2 aliphatic rings. The molecule has 0 spiro atoms. The van der Waals surface area contributed by atoms with Crippen molar-refractivity contribution >= 4 is 22.7 Å². The molecule has 2 nitrogen and oxygen atoms in total. The van der Waals surface area contributed by atoms with Crippen molar-refractivity contribution < 1.29 is 0 Å². The molecule has 1 aromatic heterocycles. The molecule has 1 aromatic carbocycles. The molecule has 2 heteroatoms. The van der Waals surface area contributed by atoms with Gasteiger partial charge in [0, 0.05) is 48.5 Å². The summed E-state index contributed by atoms with van der Waals surface area (Å²) in [6, 6.07) is 4.55. The zero-order chi connectivity index (χ0) is 14.6. The zero-order valence-corrected chi connectivity index (χ0v) is 12.8. The number of rotatable bonds is 0. The highest BCUT2D eigenvalue weighted by molar-refractivity contribution is 5.96. The molecule has 2 bridgehead atoms. The molecule has 1 unspecified atom stereocenters. The van der Waals surface area contributed by atoms with E-state index in [9.17, 15) is 0 Å². The Morgan fingerprint density at radius 2 is 2.05 bits per heavy atom. The number of nitrogens with zero attached hydrogens (tertiary/aromatic N) is 2. The van der Waals surface area contributed by atoms with E-state index in [-0.39, 0.29) is 0 Å². The van der Waals surface area contributed by atoms with Crippen LogP contribution in [0.5, 0.6) is 0 Å². The molecule has 106 valence electrons. The molecule has 0 N–H and O–H groups in total. The Bertz CT molecular complexity index is 818. The van der Waals surface area contributed by atoms with Gasteiger partial charge in [0.25, 0.3) is 0 Å². The van der Waals surface area contributed by atoms with Gasteiger partial charge in [0.15, 0.2) is 0 Å². The van der Waals surface area contributed by atoms with Crippen LogP contribution < -0.4 is 4.90 Å². The summed E-state index contributed by atoms with van der Waals surface area (Å²) in [5.41, 5.74) is 6.92. The van der Waals surface area contributed by atoms with E-state index in [1.165, 1.54) is 33.4 Å². The van der Waals surface area contributed by atoms with Crippen LogP contribution in [0, 0.1) is 0 Å². The lowest BCUT2D eigenvalue weighted by Crippen LogP contribution is -2.12. The minimum absolute atomic E-state index is 0.437. The van der Waals surface area contributed by atoms with Crippen LogP contribution in [0.4, 0.5) is 5.69 Å². The van der Waals surface area contributed by atoms with Crippen LogP contribution in [-0.4, -0.2) is 11.6 Å². The maximum absolute atomic E-state index is 2.35. The molecule has 2 heterocycles. The first-order valence-electron chi connectivity index (χ1n) is 7.57. The van der Waals surface area contributed by atoms with Crippen molar-refractivity contribution in [1.29, 1.82) is 0 Å². The molecule has 21 heavy (non-hydrogen) atoms. The molecule has 0 saturated carbocycles. The van der Waals surface area contributed by atoms with Gasteiger partial charge in [-0.3, -0.25) is 0 Å². The Hall–Kier alpha value is -2.22. The summed E-state index contributed by atoms with van der Waals surface area (Å²) in [6.45, 7) is 2.32. The van der Waals surface area contributed by atoms with E-state index >= 15 is 0 Å². The monoisotopic (exact) mass is 276 g/mol. The molecule has 0 amide bonds. The summed E-state index contributed by atoms with van der Waals surface area (Å²) in [5, 5.41) is 1.32. The second-order valence-corrected chi connectivity index (χ2v) is 6.03. The minimum Gasteiger partial charge on any atom is -0.350 e. The zero-order valence-electron chi connectivity index (χ0n) is 12.8. The van der Waals surface area contributed by atoms with Crippen LogP contribution in [-0.2, 0) is 7.05 Å². The van der Waals surface area contributed by atoms with Gasteiger partial charge in [-0.15, -0.1) is 0 Å². The first kappa shape index (κ1) is 12.5. The van der Waals surface area contributed by atoms with Gasteiger partial charge in [-0.1, -0.05) is 31.2 Å². The Morgan fingerprint density at radius 1 is 1.19 bits per heavy atom. The fraction of sp³-hybridized carbons (Fsp3) is 0.263. The van der Waals surface area contributed by atoms with Crippen molar-refractivity contribution in [2.75, 3.05) is 11.9 Å². The van der Waals surface area contributed by atoms with E-state index in [1.807, 2.05) is 0 Å². The van der Waals surface area contributed by atoms with E-state index in [0.717, 1.165) is 6.42 Å². The number of fused-ring (bicyclic) bond motifs is 3. The molecular formula is C19H20N2. The number of aromatic nitrogens is 1. The third kappa shape index (κ3) is 1.65. The lowest BCUT2D eigenvalue weighted by atomic mass is 9.92. The van der Waals surface area contributed by atoms with Gasteiger partial charge in [0.2, 0.25) is 0 Å². The molecule has 1 atom stereocenters. The topological polar surface area (TPSA) is 8.17 Å². The van der Waals surface area contributed by atoms with E-state index < -0.39 is 0 Å². The van der Waals surface area contributed by atoms with Crippen molar-refractivity contribution in [3.05, 3.63) is 59.5 Å². The van der Waals surface area contributed by atoms with Crippen molar-refractivity contribution in [3.8, 4) is 0 Å². The van der Waals surface area contributed by atoms with Crippen LogP contribution in [0.3, 0.4) is 0 Å². The van der Waals surface area contributed by atoms with Gasteiger partial charge in [-0.05, 0) is 30.2 Å². The highest BCUT2D eigenvalue weighted by Gasteiger charge is 2.31. The predicted molar refractivity (Wildman–Crippen MR) is 90.6 cm³/mol. The lowest BCUT2D eigenvalue weighted by molar-refractivity contribution is 0.903. The van der Waals surface area contributed by atoms with E-state index in [1.54, 1.807) is 0 Å².